The Bertz CT molecular complexity index is 1670. The van der Waals surface area contributed by atoms with E-state index in [1.54, 1.807) is 33.5 Å². The summed E-state index contributed by atoms with van der Waals surface area (Å²) in [6.45, 7) is 1.82. The van der Waals surface area contributed by atoms with Crippen LogP contribution in [0.1, 0.15) is 35.5 Å². The number of nitrogen functional groups attached to an aromatic ring is 1. The number of nitrogens with two attached hydrogens (primary N) is 1. The molecule has 3 aromatic heterocycles. The second-order valence-corrected chi connectivity index (χ2v) is 8.28. The molecule has 10 heteroatoms. The van der Waals surface area contributed by atoms with Gasteiger partial charge in [0.05, 0.1) is 11.7 Å². The highest BCUT2D eigenvalue weighted by molar-refractivity contribution is 5.62. The molecule has 0 aliphatic rings. The Hall–Kier alpha value is -5.17. The Balaban J connectivity index is 1.65. The number of benzene rings is 2. The van der Waals surface area contributed by atoms with E-state index in [1.165, 1.54) is 6.33 Å². The van der Waals surface area contributed by atoms with Gasteiger partial charge in [0.1, 0.15) is 40.9 Å². The van der Waals surface area contributed by atoms with Gasteiger partial charge in [0.2, 0.25) is 0 Å². The fourth-order valence-corrected chi connectivity index (χ4v) is 4.17. The molecule has 1 unspecified atom stereocenters. The SMILES string of the molecule is CC(Nc1ncnc(N)c1C#N)c1nn2ccc(Cc3cccc(O)c3)c2c(=O)n1-c1ccccc1. The number of phenols is 1. The van der Waals surface area contributed by atoms with Gasteiger partial charge in [-0.1, -0.05) is 30.3 Å². The molecule has 0 spiro atoms. The van der Waals surface area contributed by atoms with Gasteiger partial charge in [0.15, 0.2) is 5.82 Å². The number of nitrogens with one attached hydrogen (secondary N) is 1. The van der Waals surface area contributed by atoms with E-state index in [4.69, 9.17) is 10.8 Å². The van der Waals surface area contributed by atoms with Gasteiger partial charge >= 0.3 is 0 Å². The lowest BCUT2D eigenvalue weighted by Crippen LogP contribution is -2.30. The van der Waals surface area contributed by atoms with Crippen LogP contribution in [-0.2, 0) is 6.42 Å². The minimum atomic E-state index is -0.527. The highest BCUT2D eigenvalue weighted by atomic mass is 16.3. The van der Waals surface area contributed by atoms with E-state index in [0.717, 1.165) is 11.1 Å². The lowest BCUT2D eigenvalue weighted by atomic mass is 10.1. The summed E-state index contributed by atoms with van der Waals surface area (Å²) >= 11 is 0. The van der Waals surface area contributed by atoms with Gasteiger partial charge in [-0.3, -0.25) is 9.36 Å². The van der Waals surface area contributed by atoms with E-state index in [0.29, 0.717) is 23.4 Å². The summed E-state index contributed by atoms with van der Waals surface area (Å²) in [6.07, 6.45) is 3.46. The summed E-state index contributed by atoms with van der Waals surface area (Å²) in [7, 11) is 0. The summed E-state index contributed by atoms with van der Waals surface area (Å²) in [6, 6.07) is 19.5. The quantitative estimate of drug-likeness (QED) is 0.337. The molecule has 2 aromatic carbocycles. The van der Waals surface area contributed by atoms with E-state index in [2.05, 4.69) is 15.3 Å². The zero-order chi connectivity index (χ0) is 25.2. The Labute approximate surface area is 205 Å². The van der Waals surface area contributed by atoms with Crippen LogP contribution in [-0.4, -0.2) is 29.3 Å². The Kier molecular flexibility index (Phi) is 5.80. The molecule has 0 aliphatic heterocycles. The third-order valence-electron chi connectivity index (χ3n) is 5.84. The molecule has 5 rings (SSSR count). The molecule has 1 atom stereocenters. The summed E-state index contributed by atoms with van der Waals surface area (Å²) in [5.74, 6) is 0.899. The van der Waals surface area contributed by atoms with Crippen molar-refractivity contribution in [1.29, 1.82) is 5.26 Å². The number of aromatic nitrogens is 5. The summed E-state index contributed by atoms with van der Waals surface area (Å²) in [5, 5.41) is 27.3. The molecule has 0 aliphatic carbocycles. The molecule has 36 heavy (non-hydrogen) atoms. The molecule has 0 amide bonds. The zero-order valence-corrected chi connectivity index (χ0v) is 19.3. The van der Waals surface area contributed by atoms with Crippen LogP contribution in [0.2, 0.25) is 0 Å². The number of phenolic OH excluding ortho intramolecular Hbond substituents is 1. The van der Waals surface area contributed by atoms with Gasteiger partial charge in [-0.15, -0.1) is 0 Å². The molecule has 4 N–H and O–H groups in total. The first-order valence-electron chi connectivity index (χ1n) is 11.2. The van der Waals surface area contributed by atoms with Crippen LogP contribution < -0.4 is 16.6 Å². The highest BCUT2D eigenvalue weighted by Crippen LogP contribution is 2.24. The number of hydrogen-bond donors (Lipinski definition) is 3. The number of anilines is 2. The van der Waals surface area contributed by atoms with Crippen molar-refractivity contribution in [2.45, 2.75) is 19.4 Å². The van der Waals surface area contributed by atoms with Crippen molar-refractivity contribution in [3.63, 3.8) is 0 Å². The summed E-state index contributed by atoms with van der Waals surface area (Å²) in [5.41, 5.74) is 8.44. The summed E-state index contributed by atoms with van der Waals surface area (Å²) in [4.78, 5) is 22.0. The van der Waals surface area contributed by atoms with Crippen molar-refractivity contribution in [3.8, 4) is 17.5 Å². The highest BCUT2D eigenvalue weighted by Gasteiger charge is 2.22. The largest absolute Gasteiger partial charge is 0.508 e. The van der Waals surface area contributed by atoms with Gasteiger partial charge in [0, 0.05) is 6.20 Å². The lowest BCUT2D eigenvalue weighted by Gasteiger charge is -2.20. The standard InChI is InChI=1S/C26H22N8O2/c1-16(31-24-21(14-27)23(28)29-15-30-24)25-32-33-11-10-18(12-17-6-5-9-20(35)13-17)22(33)26(36)34(25)19-7-3-2-4-8-19/h2-11,13,15-16,35H,12H2,1H3,(H3,28,29,30,31). The van der Waals surface area contributed by atoms with Crippen molar-refractivity contribution < 1.29 is 5.11 Å². The summed E-state index contributed by atoms with van der Waals surface area (Å²) < 4.78 is 3.11. The van der Waals surface area contributed by atoms with Crippen molar-refractivity contribution in [1.82, 2.24) is 24.1 Å². The van der Waals surface area contributed by atoms with Crippen LogP contribution in [0.3, 0.4) is 0 Å². The lowest BCUT2D eigenvalue weighted by molar-refractivity contribution is 0.474. The first kappa shape index (κ1) is 22.6. The maximum atomic E-state index is 13.9. The van der Waals surface area contributed by atoms with Gasteiger partial charge in [-0.05, 0) is 54.8 Å². The number of para-hydroxylation sites is 1. The van der Waals surface area contributed by atoms with Crippen molar-refractivity contribution in [2.75, 3.05) is 11.1 Å². The molecule has 10 nitrogen and oxygen atoms in total. The maximum absolute atomic E-state index is 13.9. The Morgan fingerprint density at radius 2 is 1.94 bits per heavy atom. The van der Waals surface area contributed by atoms with Gasteiger partial charge in [-0.2, -0.15) is 10.4 Å². The van der Waals surface area contributed by atoms with Gasteiger partial charge in [-0.25, -0.2) is 14.5 Å². The predicted molar refractivity (Wildman–Crippen MR) is 135 cm³/mol. The van der Waals surface area contributed by atoms with E-state index >= 15 is 0 Å². The average Bonchev–Trinajstić information content (AvgIpc) is 3.27. The topological polar surface area (TPSA) is 147 Å². The van der Waals surface area contributed by atoms with Gasteiger partial charge in [0.25, 0.3) is 5.56 Å². The molecule has 0 radical (unpaired) electrons. The zero-order valence-electron chi connectivity index (χ0n) is 19.3. The minimum Gasteiger partial charge on any atom is -0.508 e. The van der Waals surface area contributed by atoms with E-state index in [1.807, 2.05) is 55.5 Å². The first-order chi connectivity index (χ1) is 17.5. The second-order valence-electron chi connectivity index (χ2n) is 8.28. The number of aromatic hydroxyl groups is 1. The second kappa shape index (κ2) is 9.23. The minimum absolute atomic E-state index is 0.0630. The fourth-order valence-electron chi connectivity index (χ4n) is 4.17. The molecular weight excluding hydrogens is 456 g/mol. The average molecular weight is 479 g/mol. The smallest absolute Gasteiger partial charge is 0.282 e. The van der Waals surface area contributed by atoms with E-state index in [-0.39, 0.29) is 28.5 Å². The van der Waals surface area contributed by atoms with Crippen LogP contribution in [0.5, 0.6) is 5.75 Å². The molecule has 0 bridgehead atoms. The normalized spacial score (nSPS) is 11.8. The Morgan fingerprint density at radius 3 is 2.69 bits per heavy atom. The molecular formula is C26H22N8O2. The third kappa shape index (κ3) is 4.10. The van der Waals surface area contributed by atoms with Crippen molar-refractivity contribution in [3.05, 3.63) is 106 Å². The van der Waals surface area contributed by atoms with Crippen molar-refractivity contribution in [2.24, 2.45) is 0 Å². The monoisotopic (exact) mass is 478 g/mol. The van der Waals surface area contributed by atoms with E-state index in [9.17, 15) is 15.2 Å². The van der Waals surface area contributed by atoms with E-state index < -0.39 is 6.04 Å². The predicted octanol–water partition coefficient (Wildman–Crippen LogP) is 3.20. The first-order valence-corrected chi connectivity index (χ1v) is 11.2. The maximum Gasteiger partial charge on any atom is 0.282 e. The molecule has 0 saturated carbocycles. The molecule has 3 heterocycles. The number of rotatable bonds is 6. The molecule has 0 fully saturated rings. The number of hydrogen-bond acceptors (Lipinski definition) is 8. The molecule has 5 aromatic rings. The van der Waals surface area contributed by atoms with Crippen LogP contribution >= 0.6 is 0 Å². The van der Waals surface area contributed by atoms with Crippen LogP contribution in [0.25, 0.3) is 11.2 Å². The van der Waals surface area contributed by atoms with Crippen LogP contribution in [0, 0.1) is 11.3 Å². The number of nitrogens with zero attached hydrogens (tertiary/aromatic N) is 6. The molecule has 0 saturated heterocycles. The molecule has 178 valence electrons. The third-order valence-corrected chi connectivity index (χ3v) is 5.84. The van der Waals surface area contributed by atoms with Gasteiger partial charge < -0.3 is 16.2 Å². The fraction of sp³-hybridized carbons (Fsp3) is 0.115. The number of fused-ring (bicyclic) bond motifs is 1. The van der Waals surface area contributed by atoms with Crippen LogP contribution in [0.4, 0.5) is 11.6 Å². The van der Waals surface area contributed by atoms with Crippen molar-refractivity contribution >= 4 is 17.2 Å². The van der Waals surface area contributed by atoms with Crippen LogP contribution in [0.15, 0.2) is 78.0 Å². The number of nitriles is 1. The Morgan fingerprint density at radius 1 is 1.14 bits per heavy atom.